The molecule has 1 aliphatic heterocycles. The van der Waals surface area contributed by atoms with Crippen LogP contribution in [0.15, 0.2) is 110 Å². The van der Waals surface area contributed by atoms with E-state index in [4.69, 9.17) is 12.2 Å². The van der Waals surface area contributed by atoms with Crippen molar-refractivity contribution in [1.29, 1.82) is 0 Å². The third-order valence-electron chi connectivity index (χ3n) is 6.87. The second kappa shape index (κ2) is 10.4. The molecular formula is C30H26N6OS. The Bertz CT molecular complexity index is 1580. The zero-order valence-corrected chi connectivity index (χ0v) is 21.4. The number of thiocarbonyl (C=S) groups is 1. The number of nitrogens with zero attached hydrogens (tertiary/aromatic N) is 4. The average Bonchev–Trinajstić information content (AvgIpc) is 3.57. The molecule has 38 heavy (non-hydrogen) atoms. The molecule has 0 aliphatic carbocycles. The Kier molecular flexibility index (Phi) is 6.54. The third kappa shape index (κ3) is 4.62. The zero-order chi connectivity index (χ0) is 25.9. The molecule has 1 saturated heterocycles. The van der Waals surface area contributed by atoms with Crippen molar-refractivity contribution in [2.24, 2.45) is 0 Å². The molecule has 188 valence electrons. The van der Waals surface area contributed by atoms with Crippen LogP contribution in [-0.2, 0) is 4.79 Å². The van der Waals surface area contributed by atoms with Crippen LogP contribution in [0.1, 0.15) is 29.9 Å². The summed E-state index contributed by atoms with van der Waals surface area (Å²) >= 11 is 5.81. The van der Waals surface area contributed by atoms with Crippen molar-refractivity contribution >= 4 is 39.7 Å². The minimum atomic E-state index is -0.166. The smallest absolute Gasteiger partial charge is 0.226 e. The number of amides is 1. The third-order valence-corrected chi connectivity index (χ3v) is 7.22. The lowest BCUT2D eigenvalue weighted by molar-refractivity contribution is -0.116. The fraction of sp³-hybridized carbons (Fsp3) is 0.133. The highest BCUT2D eigenvalue weighted by Gasteiger charge is 2.41. The van der Waals surface area contributed by atoms with Crippen LogP contribution >= 0.6 is 12.2 Å². The van der Waals surface area contributed by atoms with Crippen LogP contribution in [0.25, 0.3) is 16.5 Å². The molecule has 0 radical (unpaired) electrons. The second-order valence-electron chi connectivity index (χ2n) is 9.15. The predicted octanol–water partition coefficient (Wildman–Crippen LogP) is 5.42. The Morgan fingerprint density at radius 2 is 1.74 bits per heavy atom. The van der Waals surface area contributed by atoms with E-state index in [1.165, 1.54) is 0 Å². The Balaban J connectivity index is 1.28. The van der Waals surface area contributed by atoms with Crippen molar-refractivity contribution in [3.05, 3.63) is 121 Å². The van der Waals surface area contributed by atoms with Crippen LogP contribution in [0.3, 0.4) is 0 Å². The lowest BCUT2D eigenvalue weighted by atomic mass is 10.0. The maximum atomic E-state index is 13.1. The van der Waals surface area contributed by atoms with Crippen LogP contribution in [0.4, 0.5) is 5.69 Å². The topological polar surface area (TPSA) is 75.1 Å². The van der Waals surface area contributed by atoms with E-state index >= 15 is 0 Å². The number of anilines is 1. The Morgan fingerprint density at radius 1 is 0.921 bits per heavy atom. The number of pyridine rings is 2. The lowest BCUT2D eigenvalue weighted by Gasteiger charge is -2.28. The molecule has 5 aromatic rings. The molecule has 2 aromatic carbocycles. The molecular weight excluding hydrogens is 492 g/mol. The van der Waals surface area contributed by atoms with Gasteiger partial charge in [0.15, 0.2) is 5.11 Å². The summed E-state index contributed by atoms with van der Waals surface area (Å²) in [4.78, 5) is 24.0. The van der Waals surface area contributed by atoms with Gasteiger partial charge in [0.25, 0.3) is 0 Å². The molecule has 0 bridgehead atoms. The molecule has 4 heterocycles. The zero-order valence-electron chi connectivity index (χ0n) is 20.6. The summed E-state index contributed by atoms with van der Waals surface area (Å²) < 4.78 is 2.14. The van der Waals surface area contributed by atoms with Crippen LogP contribution < -0.4 is 10.6 Å². The second-order valence-corrected chi connectivity index (χ2v) is 9.54. The van der Waals surface area contributed by atoms with E-state index in [0.717, 1.165) is 33.5 Å². The van der Waals surface area contributed by atoms with Gasteiger partial charge in [0.2, 0.25) is 5.91 Å². The molecule has 3 aromatic heterocycles. The minimum absolute atomic E-state index is 0.0614. The van der Waals surface area contributed by atoms with E-state index < -0.39 is 0 Å². The Morgan fingerprint density at radius 3 is 2.58 bits per heavy atom. The number of benzene rings is 2. The van der Waals surface area contributed by atoms with Gasteiger partial charge in [0.1, 0.15) is 0 Å². The standard InChI is InChI=1S/C30H26N6OS/c37-27(33-24-11-5-8-21-7-1-2-9-23(21)24)15-20-36-29(28(34-30(36)38)25-10-3-4-16-32-25)26-12-6-19-35(26)22-13-17-31-18-14-22/h1-14,16-19,28-29H,15,20H2,(H,33,37)(H,34,38)/t28-,29+/m1/s1. The first-order chi connectivity index (χ1) is 18.7. The monoisotopic (exact) mass is 518 g/mol. The highest BCUT2D eigenvalue weighted by atomic mass is 32.1. The molecule has 0 unspecified atom stereocenters. The maximum absolute atomic E-state index is 13.1. The highest BCUT2D eigenvalue weighted by Crippen LogP contribution is 2.39. The summed E-state index contributed by atoms with van der Waals surface area (Å²) in [5, 5.41) is 9.28. The normalized spacial score (nSPS) is 16.9. The predicted molar refractivity (Wildman–Crippen MR) is 153 cm³/mol. The molecule has 2 atom stereocenters. The summed E-state index contributed by atoms with van der Waals surface area (Å²) in [5.41, 5.74) is 3.76. The molecule has 1 fully saturated rings. The van der Waals surface area contributed by atoms with Crippen molar-refractivity contribution in [3.63, 3.8) is 0 Å². The molecule has 0 saturated carbocycles. The van der Waals surface area contributed by atoms with E-state index in [-0.39, 0.29) is 24.4 Å². The number of aromatic nitrogens is 3. The first-order valence-electron chi connectivity index (χ1n) is 12.5. The van der Waals surface area contributed by atoms with Gasteiger partial charge in [-0.3, -0.25) is 14.8 Å². The van der Waals surface area contributed by atoms with Gasteiger partial charge in [-0.05, 0) is 60.1 Å². The number of rotatable bonds is 7. The minimum Gasteiger partial charge on any atom is -0.352 e. The summed E-state index contributed by atoms with van der Waals surface area (Å²) in [5.74, 6) is -0.0614. The number of fused-ring (bicyclic) bond motifs is 1. The maximum Gasteiger partial charge on any atom is 0.226 e. The quantitative estimate of drug-likeness (QED) is 0.280. The van der Waals surface area contributed by atoms with Gasteiger partial charge in [-0.15, -0.1) is 0 Å². The number of hydrogen-bond acceptors (Lipinski definition) is 4. The van der Waals surface area contributed by atoms with E-state index in [2.05, 4.69) is 36.1 Å². The van der Waals surface area contributed by atoms with Gasteiger partial charge in [-0.1, -0.05) is 42.5 Å². The van der Waals surface area contributed by atoms with Gasteiger partial charge in [0, 0.05) is 60.2 Å². The van der Waals surface area contributed by atoms with E-state index in [1.54, 1.807) is 18.6 Å². The van der Waals surface area contributed by atoms with Crippen molar-refractivity contribution in [2.45, 2.75) is 18.5 Å². The first kappa shape index (κ1) is 23.8. The molecule has 7 nitrogen and oxygen atoms in total. The summed E-state index contributed by atoms with van der Waals surface area (Å²) in [6, 6.07) is 27.6. The molecule has 6 rings (SSSR count). The van der Waals surface area contributed by atoms with Gasteiger partial charge in [-0.2, -0.15) is 0 Å². The van der Waals surface area contributed by atoms with Crippen molar-refractivity contribution < 1.29 is 4.79 Å². The van der Waals surface area contributed by atoms with Gasteiger partial charge in [-0.25, -0.2) is 0 Å². The SMILES string of the molecule is O=C(CCN1C(=S)N[C@H](c2ccccn2)[C@@H]1c1cccn1-c1ccncc1)Nc1cccc2ccccc12. The van der Waals surface area contributed by atoms with E-state index in [0.29, 0.717) is 11.7 Å². The largest absolute Gasteiger partial charge is 0.352 e. The lowest BCUT2D eigenvalue weighted by Crippen LogP contribution is -2.33. The number of nitrogens with one attached hydrogen (secondary N) is 2. The van der Waals surface area contributed by atoms with Crippen molar-refractivity contribution in [2.75, 3.05) is 11.9 Å². The van der Waals surface area contributed by atoms with Gasteiger partial charge < -0.3 is 20.1 Å². The molecule has 1 aliphatic rings. The molecule has 1 amide bonds. The molecule has 0 spiro atoms. The first-order valence-corrected chi connectivity index (χ1v) is 12.9. The van der Waals surface area contributed by atoms with Crippen molar-refractivity contribution in [1.82, 2.24) is 24.8 Å². The van der Waals surface area contributed by atoms with Crippen molar-refractivity contribution in [3.8, 4) is 5.69 Å². The fourth-order valence-corrected chi connectivity index (χ4v) is 5.44. The van der Waals surface area contributed by atoms with E-state index in [1.807, 2.05) is 85.1 Å². The number of carbonyl (C=O) groups is 1. The molecule has 8 heteroatoms. The van der Waals surface area contributed by atoms with E-state index in [9.17, 15) is 4.79 Å². The van der Waals surface area contributed by atoms with Gasteiger partial charge >= 0.3 is 0 Å². The summed E-state index contributed by atoms with van der Waals surface area (Å²) in [7, 11) is 0. The number of carbonyl (C=O) groups excluding carboxylic acids is 1. The summed E-state index contributed by atoms with van der Waals surface area (Å²) in [6.07, 6.45) is 7.67. The molecule has 2 N–H and O–H groups in total. The Labute approximate surface area is 226 Å². The van der Waals surface area contributed by atoms with Crippen LogP contribution in [0, 0.1) is 0 Å². The van der Waals surface area contributed by atoms with Gasteiger partial charge in [0.05, 0.1) is 17.8 Å². The summed E-state index contributed by atoms with van der Waals surface area (Å²) in [6.45, 7) is 0.456. The number of hydrogen-bond donors (Lipinski definition) is 2. The van der Waals surface area contributed by atoms with Crippen LogP contribution in [0.5, 0.6) is 0 Å². The van der Waals surface area contributed by atoms with Crippen LogP contribution in [-0.4, -0.2) is 37.0 Å². The Hall–Kier alpha value is -4.56. The highest BCUT2D eigenvalue weighted by molar-refractivity contribution is 7.80. The fourth-order valence-electron chi connectivity index (χ4n) is 5.11. The average molecular weight is 519 g/mol. The van der Waals surface area contributed by atoms with Crippen LogP contribution in [0.2, 0.25) is 0 Å².